The predicted molar refractivity (Wildman–Crippen MR) is 62.1 cm³/mol. The Morgan fingerprint density at radius 3 is 2.56 bits per heavy atom. The Bertz CT molecular complexity index is 499. The SMILES string of the molecule is Cc1nc(C(=O)NCCC(N)=O)ccc1C(=O)O. The van der Waals surface area contributed by atoms with Crippen LogP contribution in [0.25, 0.3) is 0 Å². The van der Waals surface area contributed by atoms with Gasteiger partial charge in [0.1, 0.15) is 5.69 Å². The number of carboxylic acids is 1. The molecule has 0 aliphatic rings. The number of primary amides is 1. The number of amides is 2. The van der Waals surface area contributed by atoms with Crippen LogP contribution in [0.15, 0.2) is 12.1 Å². The van der Waals surface area contributed by atoms with Crippen LogP contribution < -0.4 is 11.1 Å². The summed E-state index contributed by atoms with van der Waals surface area (Å²) in [6.07, 6.45) is 0.0396. The summed E-state index contributed by atoms with van der Waals surface area (Å²) in [5.74, 6) is -2.09. The van der Waals surface area contributed by atoms with Gasteiger partial charge in [0.2, 0.25) is 5.91 Å². The number of nitrogens with zero attached hydrogens (tertiary/aromatic N) is 1. The van der Waals surface area contributed by atoms with Gasteiger partial charge in [-0.05, 0) is 19.1 Å². The van der Waals surface area contributed by atoms with Gasteiger partial charge in [0, 0.05) is 13.0 Å². The molecule has 0 atom stereocenters. The summed E-state index contributed by atoms with van der Waals surface area (Å²) in [5.41, 5.74) is 5.32. The van der Waals surface area contributed by atoms with Crippen LogP contribution in [0.4, 0.5) is 0 Å². The number of carbonyl (C=O) groups excluding carboxylic acids is 2. The molecule has 7 nitrogen and oxygen atoms in total. The Morgan fingerprint density at radius 2 is 2.06 bits per heavy atom. The summed E-state index contributed by atoms with van der Waals surface area (Å²) >= 11 is 0. The number of hydrogen-bond acceptors (Lipinski definition) is 4. The van der Waals surface area contributed by atoms with E-state index >= 15 is 0 Å². The van der Waals surface area contributed by atoms with Gasteiger partial charge in [0.15, 0.2) is 0 Å². The molecule has 1 aromatic heterocycles. The first-order valence-corrected chi connectivity index (χ1v) is 5.19. The number of aromatic nitrogens is 1. The summed E-state index contributed by atoms with van der Waals surface area (Å²) in [7, 11) is 0. The number of nitrogens with one attached hydrogen (secondary N) is 1. The minimum atomic E-state index is -1.10. The molecule has 0 saturated heterocycles. The molecular formula is C11H13N3O4. The highest BCUT2D eigenvalue weighted by Crippen LogP contribution is 2.06. The minimum Gasteiger partial charge on any atom is -0.478 e. The molecule has 0 aliphatic heterocycles. The maximum absolute atomic E-state index is 11.6. The number of carboxylic acid groups (broad SMARTS) is 1. The average molecular weight is 251 g/mol. The topological polar surface area (TPSA) is 122 Å². The van der Waals surface area contributed by atoms with Crippen molar-refractivity contribution in [2.24, 2.45) is 5.73 Å². The first-order chi connectivity index (χ1) is 8.41. The van der Waals surface area contributed by atoms with Gasteiger partial charge in [-0.25, -0.2) is 9.78 Å². The van der Waals surface area contributed by atoms with Crippen molar-refractivity contribution < 1.29 is 19.5 Å². The Labute approximate surface area is 103 Å². The quantitative estimate of drug-likeness (QED) is 0.662. The van der Waals surface area contributed by atoms with E-state index in [0.29, 0.717) is 0 Å². The lowest BCUT2D eigenvalue weighted by molar-refractivity contribution is -0.117. The van der Waals surface area contributed by atoms with Crippen LogP contribution in [0.5, 0.6) is 0 Å². The van der Waals surface area contributed by atoms with Crippen molar-refractivity contribution in [1.82, 2.24) is 10.3 Å². The van der Waals surface area contributed by atoms with E-state index in [1.54, 1.807) is 0 Å². The fourth-order valence-corrected chi connectivity index (χ4v) is 1.30. The first-order valence-electron chi connectivity index (χ1n) is 5.19. The number of rotatable bonds is 5. The lowest BCUT2D eigenvalue weighted by atomic mass is 10.2. The summed E-state index contributed by atoms with van der Waals surface area (Å²) in [6, 6.07) is 2.63. The smallest absolute Gasteiger partial charge is 0.337 e. The van der Waals surface area contributed by atoms with E-state index in [1.807, 2.05) is 0 Å². The zero-order valence-corrected chi connectivity index (χ0v) is 9.77. The van der Waals surface area contributed by atoms with Crippen molar-refractivity contribution in [3.05, 3.63) is 29.1 Å². The normalized spacial score (nSPS) is 9.83. The molecular weight excluding hydrogens is 238 g/mol. The molecule has 0 aromatic carbocycles. The number of aromatic carboxylic acids is 1. The number of nitrogens with two attached hydrogens (primary N) is 1. The zero-order chi connectivity index (χ0) is 13.7. The summed E-state index contributed by atoms with van der Waals surface area (Å²) in [4.78, 5) is 36.7. The number of pyridine rings is 1. The van der Waals surface area contributed by atoms with Gasteiger partial charge in [-0.1, -0.05) is 0 Å². The molecule has 0 spiro atoms. The van der Waals surface area contributed by atoms with E-state index in [1.165, 1.54) is 19.1 Å². The standard InChI is InChI=1S/C11H13N3O4/c1-6-7(11(17)18)2-3-8(14-6)10(16)13-5-4-9(12)15/h2-3H,4-5H2,1H3,(H2,12,15)(H,13,16)(H,17,18). The monoisotopic (exact) mass is 251 g/mol. The number of carbonyl (C=O) groups is 3. The number of aryl methyl sites for hydroxylation is 1. The lowest BCUT2D eigenvalue weighted by Crippen LogP contribution is -2.28. The van der Waals surface area contributed by atoms with Crippen LogP contribution in [-0.2, 0) is 4.79 Å². The van der Waals surface area contributed by atoms with Gasteiger partial charge in [-0.3, -0.25) is 9.59 Å². The summed E-state index contributed by atoms with van der Waals surface area (Å²) < 4.78 is 0. The maximum atomic E-state index is 11.6. The van der Waals surface area contributed by atoms with Crippen LogP contribution in [0.3, 0.4) is 0 Å². The van der Waals surface area contributed by atoms with Crippen LogP contribution in [-0.4, -0.2) is 34.4 Å². The van der Waals surface area contributed by atoms with E-state index in [9.17, 15) is 14.4 Å². The molecule has 18 heavy (non-hydrogen) atoms. The molecule has 4 N–H and O–H groups in total. The molecule has 7 heteroatoms. The van der Waals surface area contributed by atoms with Crippen molar-refractivity contribution in [2.75, 3.05) is 6.54 Å². The first kappa shape index (κ1) is 13.6. The van der Waals surface area contributed by atoms with Crippen molar-refractivity contribution in [1.29, 1.82) is 0 Å². The van der Waals surface area contributed by atoms with Crippen LogP contribution in [0.2, 0.25) is 0 Å². The lowest BCUT2D eigenvalue weighted by Gasteiger charge is -2.05. The Hall–Kier alpha value is -2.44. The molecule has 0 radical (unpaired) electrons. The Morgan fingerprint density at radius 1 is 1.39 bits per heavy atom. The molecule has 96 valence electrons. The Kier molecular flexibility index (Phi) is 4.36. The summed E-state index contributed by atoms with van der Waals surface area (Å²) in [6.45, 7) is 1.62. The average Bonchev–Trinajstić information content (AvgIpc) is 2.27. The van der Waals surface area contributed by atoms with E-state index in [0.717, 1.165) is 0 Å². The van der Waals surface area contributed by atoms with Crippen LogP contribution in [0, 0.1) is 6.92 Å². The minimum absolute atomic E-state index is 0.0396. The van der Waals surface area contributed by atoms with Gasteiger partial charge >= 0.3 is 5.97 Å². The molecule has 1 rings (SSSR count). The van der Waals surface area contributed by atoms with E-state index < -0.39 is 17.8 Å². The van der Waals surface area contributed by atoms with E-state index in [2.05, 4.69) is 10.3 Å². The molecule has 2 amide bonds. The number of hydrogen-bond donors (Lipinski definition) is 3. The molecule has 0 unspecified atom stereocenters. The van der Waals surface area contributed by atoms with E-state index in [4.69, 9.17) is 10.8 Å². The molecule has 1 heterocycles. The molecule has 0 aliphatic carbocycles. The van der Waals surface area contributed by atoms with Gasteiger partial charge < -0.3 is 16.2 Å². The van der Waals surface area contributed by atoms with Gasteiger partial charge in [0.25, 0.3) is 5.91 Å². The third kappa shape index (κ3) is 3.55. The van der Waals surface area contributed by atoms with Gasteiger partial charge in [-0.15, -0.1) is 0 Å². The fraction of sp³-hybridized carbons (Fsp3) is 0.273. The van der Waals surface area contributed by atoms with Crippen molar-refractivity contribution >= 4 is 17.8 Å². The van der Waals surface area contributed by atoms with Crippen molar-refractivity contribution in [3.63, 3.8) is 0 Å². The van der Waals surface area contributed by atoms with Crippen LogP contribution >= 0.6 is 0 Å². The molecule has 0 bridgehead atoms. The maximum Gasteiger partial charge on any atom is 0.337 e. The molecule has 0 fully saturated rings. The zero-order valence-electron chi connectivity index (χ0n) is 9.77. The second kappa shape index (κ2) is 5.76. The predicted octanol–water partition coefficient (Wildman–Crippen LogP) is -0.307. The third-order valence-electron chi connectivity index (χ3n) is 2.21. The molecule has 1 aromatic rings. The van der Waals surface area contributed by atoms with Gasteiger partial charge in [0.05, 0.1) is 11.3 Å². The molecule has 0 saturated carbocycles. The third-order valence-corrected chi connectivity index (χ3v) is 2.21. The van der Waals surface area contributed by atoms with E-state index in [-0.39, 0.29) is 29.9 Å². The van der Waals surface area contributed by atoms with Gasteiger partial charge in [-0.2, -0.15) is 0 Å². The Balaban J connectivity index is 2.72. The fourth-order valence-electron chi connectivity index (χ4n) is 1.30. The van der Waals surface area contributed by atoms with Crippen molar-refractivity contribution in [2.45, 2.75) is 13.3 Å². The van der Waals surface area contributed by atoms with Crippen molar-refractivity contribution in [3.8, 4) is 0 Å². The second-order valence-electron chi connectivity index (χ2n) is 3.61. The van der Waals surface area contributed by atoms with Crippen LogP contribution in [0.1, 0.15) is 33.0 Å². The highest BCUT2D eigenvalue weighted by atomic mass is 16.4. The summed E-state index contributed by atoms with van der Waals surface area (Å²) in [5, 5.41) is 11.3. The highest BCUT2D eigenvalue weighted by Gasteiger charge is 2.12. The highest BCUT2D eigenvalue weighted by molar-refractivity contribution is 5.94. The second-order valence-corrected chi connectivity index (χ2v) is 3.61. The largest absolute Gasteiger partial charge is 0.478 e.